The molecule has 0 aliphatic rings. The lowest BCUT2D eigenvalue weighted by atomic mass is 10.2. The van der Waals surface area contributed by atoms with Crippen molar-refractivity contribution in [2.24, 2.45) is 0 Å². The van der Waals surface area contributed by atoms with Crippen LogP contribution in [0, 0.1) is 0 Å². The van der Waals surface area contributed by atoms with E-state index >= 15 is 0 Å². The first-order valence-corrected chi connectivity index (χ1v) is 9.28. The van der Waals surface area contributed by atoms with Gasteiger partial charge >= 0.3 is 0 Å². The van der Waals surface area contributed by atoms with Crippen LogP contribution < -0.4 is 4.74 Å². The first-order valence-electron chi connectivity index (χ1n) is 8.30. The lowest BCUT2D eigenvalue weighted by Gasteiger charge is -2.11. The summed E-state index contributed by atoms with van der Waals surface area (Å²) >= 11 is 1.57. The summed E-state index contributed by atoms with van der Waals surface area (Å²) in [5.74, 6) is 2.26. The summed E-state index contributed by atoms with van der Waals surface area (Å²) in [4.78, 5) is 0. The highest BCUT2D eigenvalue weighted by molar-refractivity contribution is 7.99. The number of aliphatic hydroxyl groups is 1. The minimum Gasteiger partial charge on any atom is -0.497 e. The number of aliphatic hydroxyl groups excluding tert-OH is 1. The Labute approximate surface area is 156 Å². The molecule has 0 aliphatic carbocycles. The summed E-state index contributed by atoms with van der Waals surface area (Å²) in [5.41, 5.74) is 1.93. The molecule has 0 fully saturated rings. The van der Waals surface area contributed by atoms with Gasteiger partial charge in [-0.15, -0.1) is 10.2 Å². The zero-order chi connectivity index (χ0) is 18.2. The number of thioether (sulfide) groups is 1. The van der Waals surface area contributed by atoms with Gasteiger partial charge in [0.2, 0.25) is 0 Å². The van der Waals surface area contributed by atoms with Gasteiger partial charge in [-0.05, 0) is 24.3 Å². The number of ether oxygens (including phenoxy) is 2. The fourth-order valence-corrected chi connectivity index (χ4v) is 3.28. The quantitative estimate of drug-likeness (QED) is 0.461. The molecule has 0 amide bonds. The van der Waals surface area contributed by atoms with Crippen molar-refractivity contribution in [1.29, 1.82) is 0 Å². The molecule has 3 rings (SSSR count). The molecule has 0 spiro atoms. The molecule has 1 N–H and O–H groups in total. The smallest absolute Gasteiger partial charge is 0.196 e. The number of benzene rings is 2. The van der Waals surface area contributed by atoms with Crippen LogP contribution in [-0.4, -0.2) is 52.6 Å². The molecule has 0 radical (unpaired) electrons. The van der Waals surface area contributed by atoms with E-state index in [1.807, 2.05) is 59.2 Å². The van der Waals surface area contributed by atoms with Crippen molar-refractivity contribution in [3.63, 3.8) is 0 Å². The Kier molecular flexibility index (Phi) is 6.65. The summed E-state index contributed by atoms with van der Waals surface area (Å²) < 4.78 is 12.7. The highest BCUT2D eigenvalue weighted by Gasteiger charge is 2.16. The van der Waals surface area contributed by atoms with Gasteiger partial charge in [0.1, 0.15) is 5.75 Å². The number of methoxy groups -OCH3 is 1. The van der Waals surface area contributed by atoms with Crippen molar-refractivity contribution < 1.29 is 14.6 Å². The van der Waals surface area contributed by atoms with Gasteiger partial charge in [0.05, 0.1) is 26.9 Å². The molecule has 0 bridgehead atoms. The van der Waals surface area contributed by atoms with E-state index in [1.54, 1.807) is 18.9 Å². The molecule has 0 aliphatic heterocycles. The van der Waals surface area contributed by atoms with Crippen LogP contribution in [0.5, 0.6) is 5.75 Å². The van der Waals surface area contributed by atoms with Crippen molar-refractivity contribution in [3.05, 3.63) is 54.6 Å². The zero-order valence-electron chi connectivity index (χ0n) is 14.5. The van der Waals surface area contributed by atoms with Gasteiger partial charge in [0, 0.05) is 17.0 Å². The molecule has 0 saturated heterocycles. The number of hydrogen-bond donors (Lipinski definition) is 1. The molecule has 7 heteroatoms. The van der Waals surface area contributed by atoms with Crippen LogP contribution in [0.2, 0.25) is 0 Å². The molecule has 26 heavy (non-hydrogen) atoms. The standard InChI is InChI=1S/C19H21N3O3S/c1-24-17-9-5-6-15(14-17)18-20-21-19(26-13-12-25-11-10-23)22(18)16-7-3-2-4-8-16/h2-9,14,23H,10-13H2,1H3. The van der Waals surface area contributed by atoms with Gasteiger partial charge in [-0.2, -0.15) is 0 Å². The van der Waals surface area contributed by atoms with Crippen LogP contribution in [-0.2, 0) is 4.74 Å². The zero-order valence-corrected chi connectivity index (χ0v) is 15.4. The van der Waals surface area contributed by atoms with E-state index in [2.05, 4.69) is 10.2 Å². The molecule has 0 saturated carbocycles. The second-order valence-electron chi connectivity index (χ2n) is 5.39. The van der Waals surface area contributed by atoms with E-state index in [1.165, 1.54) is 0 Å². The minimum atomic E-state index is 0.0326. The average Bonchev–Trinajstić information content (AvgIpc) is 3.12. The molecule has 3 aromatic rings. The molecular weight excluding hydrogens is 350 g/mol. The van der Waals surface area contributed by atoms with Gasteiger partial charge < -0.3 is 14.6 Å². The summed E-state index contributed by atoms with van der Waals surface area (Å²) in [6.45, 7) is 0.924. The lowest BCUT2D eigenvalue weighted by molar-refractivity contribution is 0.103. The Hall–Kier alpha value is -2.35. The Bertz CT molecular complexity index is 824. The summed E-state index contributed by atoms with van der Waals surface area (Å²) in [7, 11) is 1.65. The summed E-state index contributed by atoms with van der Waals surface area (Å²) in [5, 5.41) is 18.4. The third-order valence-electron chi connectivity index (χ3n) is 3.67. The van der Waals surface area contributed by atoms with Gasteiger partial charge in [-0.3, -0.25) is 4.57 Å². The second kappa shape index (κ2) is 9.38. The normalized spacial score (nSPS) is 10.8. The number of hydrogen-bond acceptors (Lipinski definition) is 6. The van der Waals surface area contributed by atoms with Crippen LogP contribution in [0.4, 0.5) is 0 Å². The van der Waals surface area contributed by atoms with Crippen LogP contribution >= 0.6 is 11.8 Å². The predicted molar refractivity (Wildman–Crippen MR) is 102 cm³/mol. The first-order chi connectivity index (χ1) is 12.8. The topological polar surface area (TPSA) is 69.4 Å². The molecule has 136 valence electrons. The van der Waals surface area contributed by atoms with Gasteiger partial charge in [0.15, 0.2) is 11.0 Å². The Morgan fingerprint density at radius 1 is 1.04 bits per heavy atom. The van der Waals surface area contributed by atoms with Crippen LogP contribution in [0.25, 0.3) is 17.1 Å². The molecule has 1 heterocycles. The third kappa shape index (κ3) is 4.43. The van der Waals surface area contributed by atoms with E-state index in [0.29, 0.717) is 13.2 Å². The number of para-hydroxylation sites is 1. The van der Waals surface area contributed by atoms with E-state index in [9.17, 15) is 0 Å². The van der Waals surface area contributed by atoms with E-state index in [4.69, 9.17) is 14.6 Å². The second-order valence-corrected chi connectivity index (χ2v) is 6.46. The molecule has 2 aromatic carbocycles. The fourth-order valence-electron chi connectivity index (χ4n) is 2.48. The monoisotopic (exact) mass is 371 g/mol. The SMILES string of the molecule is COc1cccc(-c2nnc(SCCOCCO)n2-c2ccccc2)c1. The number of rotatable bonds is 9. The Morgan fingerprint density at radius 2 is 1.88 bits per heavy atom. The van der Waals surface area contributed by atoms with E-state index in [-0.39, 0.29) is 6.61 Å². The fraction of sp³-hybridized carbons (Fsp3) is 0.263. The number of nitrogens with zero attached hydrogens (tertiary/aromatic N) is 3. The largest absolute Gasteiger partial charge is 0.497 e. The van der Waals surface area contributed by atoms with Crippen LogP contribution in [0.15, 0.2) is 59.8 Å². The highest BCUT2D eigenvalue weighted by Crippen LogP contribution is 2.29. The van der Waals surface area contributed by atoms with Crippen molar-refractivity contribution in [3.8, 4) is 22.8 Å². The van der Waals surface area contributed by atoms with E-state index < -0.39 is 0 Å². The Balaban J connectivity index is 1.92. The Morgan fingerprint density at radius 3 is 2.65 bits per heavy atom. The predicted octanol–water partition coefficient (Wildman–Crippen LogP) is 3.04. The number of aromatic nitrogens is 3. The van der Waals surface area contributed by atoms with Gasteiger partial charge in [0.25, 0.3) is 0 Å². The van der Waals surface area contributed by atoms with Gasteiger partial charge in [-0.1, -0.05) is 42.1 Å². The first kappa shape index (κ1) is 18.4. The van der Waals surface area contributed by atoms with E-state index in [0.717, 1.165) is 33.7 Å². The maximum absolute atomic E-state index is 8.78. The third-order valence-corrected chi connectivity index (χ3v) is 4.56. The van der Waals surface area contributed by atoms with Crippen molar-refractivity contribution in [2.45, 2.75) is 5.16 Å². The summed E-state index contributed by atoms with van der Waals surface area (Å²) in [6.07, 6.45) is 0. The lowest BCUT2D eigenvalue weighted by Crippen LogP contribution is -2.04. The molecule has 0 atom stereocenters. The maximum Gasteiger partial charge on any atom is 0.196 e. The maximum atomic E-state index is 8.78. The minimum absolute atomic E-state index is 0.0326. The van der Waals surface area contributed by atoms with Crippen molar-refractivity contribution in [1.82, 2.24) is 14.8 Å². The van der Waals surface area contributed by atoms with Gasteiger partial charge in [-0.25, -0.2) is 0 Å². The van der Waals surface area contributed by atoms with Crippen molar-refractivity contribution >= 4 is 11.8 Å². The summed E-state index contributed by atoms with van der Waals surface area (Å²) in [6, 6.07) is 17.8. The molecular formula is C19H21N3O3S. The average molecular weight is 371 g/mol. The van der Waals surface area contributed by atoms with Crippen LogP contribution in [0.3, 0.4) is 0 Å². The molecule has 1 aromatic heterocycles. The van der Waals surface area contributed by atoms with Crippen LogP contribution in [0.1, 0.15) is 0 Å². The molecule has 6 nitrogen and oxygen atoms in total. The van der Waals surface area contributed by atoms with Crippen molar-refractivity contribution in [2.75, 3.05) is 32.7 Å². The highest BCUT2D eigenvalue weighted by atomic mass is 32.2. The molecule has 0 unspecified atom stereocenters.